The molecule has 1 rings (SSSR count). The van der Waals surface area contributed by atoms with Gasteiger partial charge in [0.1, 0.15) is 5.25 Å². The summed E-state index contributed by atoms with van der Waals surface area (Å²) in [6, 6.07) is -0.0929. The van der Waals surface area contributed by atoms with Crippen LogP contribution >= 0.6 is 0 Å². The normalized spacial score (nSPS) is 27.1. The van der Waals surface area contributed by atoms with Crippen molar-refractivity contribution >= 4 is 15.7 Å². The number of rotatable bonds is 4. The summed E-state index contributed by atoms with van der Waals surface area (Å²) in [6.07, 6.45) is 1.91. The molecule has 3 atom stereocenters. The molecule has 1 saturated heterocycles. The fourth-order valence-corrected chi connectivity index (χ4v) is 3.72. The Morgan fingerprint density at radius 3 is 2.59 bits per heavy atom. The third-order valence-corrected chi connectivity index (χ3v) is 5.64. The van der Waals surface area contributed by atoms with E-state index in [0.29, 0.717) is 19.4 Å². The highest BCUT2D eigenvalue weighted by Crippen LogP contribution is 2.20. The van der Waals surface area contributed by atoms with Gasteiger partial charge in [-0.3, -0.25) is 4.79 Å². The molecule has 17 heavy (non-hydrogen) atoms. The van der Waals surface area contributed by atoms with Crippen molar-refractivity contribution in [1.82, 2.24) is 5.32 Å². The fraction of sp³-hybridized carbons (Fsp3) is 0.909. The van der Waals surface area contributed by atoms with Crippen LogP contribution in [-0.2, 0) is 14.6 Å². The Labute approximate surface area is 103 Å². The van der Waals surface area contributed by atoms with Crippen LogP contribution in [0.3, 0.4) is 0 Å². The molecule has 100 valence electrons. The van der Waals surface area contributed by atoms with Gasteiger partial charge in [-0.25, -0.2) is 8.42 Å². The van der Waals surface area contributed by atoms with Crippen LogP contribution in [0.4, 0.5) is 0 Å². The summed E-state index contributed by atoms with van der Waals surface area (Å²) in [6.45, 7) is 4.25. The zero-order chi connectivity index (χ0) is 13.1. The van der Waals surface area contributed by atoms with E-state index in [2.05, 4.69) is 5.32 Å². The number of carbonyl (C=O) groups is 1. The molecular weight excluding hydrogens is 240 g/mol. The molecule has 0 aromatic carbocycles. The van der Waals surface area contributed by atoms with Crippen molar-refractivity contribution in [2.75, 3.05) is 12.3 Å². The molecule has 1 aliphatic rings. The molecule has 1 amide bonds. The van der Waals surface area contributed by atoms with Crippen LogP contribution in [0.15, 0.2) is 0 Å². The topological polar surface area (TPSA) is 89.3 Å². The lowest BCUT2D eigenvalue weighted by Crippen LogP contribution is -2.48. The van der Waals surface area contributed by atoms with Gasteiger partial charge in [0.15, 0.2) is 9.84 Å². The van der Waals surface area contributed by atoms with Gasteiger partial charge < -0.3 is 11.1 Å². The molecule has 0 spiro atoms. The fourth-order valence-electron chi connectivity index (χ4n) is 1.91. The summed E-state index contributed by atoms with van der Waals surface area (Å²) in [5, 5.41) is 1.90. The number of amides is 1. The predicted molar refractivity (Wildman–Crippen MR) is 67.2 cm³/mol. The van der Waals surface area contributed by atoms with Crippen LogP contribution in [0.2, 0.25) is 0 Å². The molecule has 0 aromatic rings. The first-order chi connectivity index (χ1) is 7.88. The van der Waals surface area contributed by atoms with Crippen molar-refractivity contribution in [1.29, 1.82) is 0 Å². The van der Waals surface area contributed by atoms with Gasteiger partial charge in [-0.15, -0.1) is 0 Å². The Morgan fingerprint density at radius 2 is 2.06 bits per heavy atom. The summed E-state index contributed by atoms with van der Waals surface area (Å²) in [7, 11) is -3.24. The molecule has 0 aromatic heterocycles. The Hall–Kier alpha value is -0.620. The van der Waals surface area contributed by atoms with Gasteiger partial charge in [0.2, 0.25) is 5.91 Å². The molecule has 0 saturated carbocycles. The number of sulfone groups is 1. The number of nitrogens with two attached hydrogens (primary N) is 1. The standard InChI is InChI=1S/C11H22N2O3S/c1-8(7-12)9(2)13-11(14)10-5-3-4-6-17(10,15)16/h8-10H,3-7,12H2,1-2H3,(H,13,14). The molecule has 6 heteroatoms. The maximum absolute atomic E-state index is 11.9. The molecule has 1 aliphatic heterocycles. The van der Waals surface area contributed by atoms with Gasteiger partial charge in [0.05, 0.1) is 5.75 Å². The molecule has 0 bridgehead atoms. The second-order valence-corrected chi connectivity index (χ2v) is 7.16. The lowest BCUT2D eigenvalue weighted by molar-refractivity contribution is -0.121. The molecular formula is C11H22N2O3S. The molecule has 5 nitrogen and oxygen atoms in total. The van der Waals surface area contributed by atoms with Gasteiger partial charge in [0, 0.05) is 6.04 Å². The summed E-state index contributed by atoms with van der Waals surface area (Å²) >= 11 is 0. The maximum atomic E-state index is 11.9. The van der Waals surface area contributed by atoms with E-state index < -0.39 is 15.1 Å². The van der Waals surface area contributed by atoms with Crippen LogP contribution in [0.5, 0.6) is 0 Å². The summed E-state index contributed by atoms with van der Waals surface area (Å²) in [5.74, 6) is -0.0888. The van der Waals surface area contributed by atoms with Gasteiger partial charge in [-0.1, -0.05) is 13.3 Å². The van der Waals surface area contributed by atoms with Crippen molar-refractivity contribution in [2.45, 2.75) is 44.4 Å². The van der Waals surface area contributed by atoms with E-state index in [1.54, 1.807) is 0 Å². The largest absolute Gasteiger partial charge is 0.352 e. The quantitative estimate of drug-likeness (QED) is 0.749. The molecule has 0 radical (unpaired) electrons. The number of hydrogen-bond donors (Lipinski definition) is 2. The zero-order valence-corrected chi connectivity index (χ0v) is 11.3. The minimum atomic E-state index is -3.24. The molecule has 0 aliphatic carbocycles. The smallest absolute Gasteiger partial charge is 0.238 e. The summed E-state index contributed by atoms with van der Waals surface area (Å²) in [4.78, 5) is 11.9. The Balaban J connectivity index is 2.63. The van der Waals surface area contributed by atoms with Gasteiger partial charge >= 0.3 is 0 Å². The average molecular weight is 262 g/mol. The lowest BCUT2D eigenvalue weighted by atomic mass is 10.0. The maximum Gasteiger partial charge on any atom is 0.238 e. The first kappa shape index (κ1) is 14.4. The summed E-state index contributed by atoms with van der Waals surface area (Å²) in [5.41, 5.74) is 5.51. The molecule has 1 fully saturated rings. The highest BCUT2D eigenvalue weighted by Gasteiger charge is 2.35. The van der Waals surface area contributed by atoms with Crippen LogP contribution in [0, 0.1) is 5.92 Å². The highest BCUT2D eigenvalue weighted by atomic mass is 32.2. The van der Waals surface area contributed by atoms with E-state index >= 15 is 0 Å². The highest BCUT2D eigenvalue weighted by molar-refractivity contribution is 7.92. The first-order valence-corrected chi connectivity index (χ1v) is 7.82. The number of nitrogens with one attached hydrogen (secondary N) is 1. The van der Waals surface area contributed by atoms with E-state index in [0.717, 1.165) is 6.42 Å². The number of hydrogen-bond acceptors (Lipinski definition) is 4. The van der Waals surface area contributed by atoms with Crippen molar-refractivity contribution < 1.29 is 13.2 Å². The second kappa shape index (κ2) is 5.82. The monoisotopic (exact) mass is 262 g/mol. The Bertz CT molecular complexity index is 367. The number of carbonyl (C=O) groups excluding carboxylic acids is 1. The van der Waals surface area contributed by atoms with E-state index in [1.165, 1.54) is 0 Å². The van der Waals surface area contributed by atoms with Crippen molar-refractivity contribution in [3.05, 3.63) is 0 Å². The lowest BCUT2D eigenvalue weighted by Gasteiger charge is -2.25. The molecule has 1 heterocycles. The van der Waals surface area contributed by atoms with Crippen LogP contribution in [-0.4, -0.2) is 37.9 Å². The third-order valence-electron chi connectivity index (χ3n) is 3.47. The van der Waals surface area contributed by atoms with Crippen LogP contribution in [0.1, 0.15) is 33.1 Å². The summed E-state index contributed by atoms with van der Waals surface area (Å²) < 4.78 is 23.5. The second-order valence-electron chi connectivity index (χ2n) is 4.86. The zero-order valence-electron chi connectivity index (χ0n) is 10.5. The Morgan fingerprint density at radius 1 is 1.41 bits per heavy atom. The van der Waals surface area contributed by atoms with Crippen molar-refractivity contribution in [3.8, 4) is 0 Å². The van der Waals surface area contributed by atoms with Gasteiger partial charge in [0.25, 0.3) is 0 Å². The van der Waals surface area contributed by atoms with Crippen molar-refractivity contribution in [2.24, 2.45) is 11.7 Å². The van der Waals surface area contributed by atoms with Gasteiger partial charge in [-0.2, -0.15) is 0 Å². The van der Waals surface area contributed by atoms with Crippen LogP contribution in [0.25, 0.3) is 0 Å². The van der Waals surface area contributed by atoms with Crippen LogP contribution < -0.4 is 11.1 Å². The minimum absolute atomic E-state index is 0.0929. The predicted octanol–water partition coefficient (Wildman–Crippen LogP) is 0.0532. The van der Waals surface area contributed by atoms with E-state index in [9.17, 15) is 13.2 Å². The minimum Gasteiger partial charge on any atom is -0.352 e. The van der Waals surface area contributed by atoms with Crippen molar-refractivity contribution in [3.63, 3.8) is 0 Å². The van der Waals surface area contributed by atoms with E-state index in [1.807, 2.05) is 13.8 Å². The van der Waals surface area contributed by atoms with E-state index in [4.69, 9.17) is 5.73 Å². The average Bonchev–Trinajstić information content (AvgIpc) is 2.26. The first-order valence-electron chi connectivity index (χ1n) is 6.10. The third kappa shape index (κ3) is 3.67. The molecule has 3 unspecified atom stereocenters. The van der Waals surface area contributed by atoms with E-state index in [-0.39, 0.29) is 23.6 Å². The SMILES string of the molecule is CC(CN)C(C)NC(=O)C1CCCCS1(=O)=O. The Kier molecular flexibility index (Phi) is 4.94. The molecule has 3 N–H and O–H groups in total. The van der Waals surface area contributed by atoms with Gasteiger partial charge in [-0.05, 0) is 32.2 Å².